The van der Waals surface area contributed by atoms with Crippen molar-refractivity contribution in [1.82, 2.24) is 20.0 Å². The Labute approximate surface area is 117 Å². The van der Waals surface area contributed by atoms with E-state index >= 15 is 0 Å². The number of hydrogen-bond donors (Lipinski definition) is 2. The summed E-state index contributed by atoms with van der Waals surface area (Å²) in [6, 6.07) is 0. The van der Waals surface area contributed by atoms with Gasteiger partial charge in [-0.2, -0.15) is 23.4 Å². The van der Waals surface area contributed by atoms with Gasteiger partial charge in [-0.15, -0.1) is 0 Å². The van der Waals surface area contributed by atoms with Crippen LogP contribution in [0.2, 0.25) is 0 Å². The summed E-state index contributed by atoms with van der Waals surface area (Å²) in [5.41, 5.74) is 7.85. The molecule has 0 fully saturated rings. The minimum absolute atomic E-state index is 0.166. The number of H-pyrrole nitrogens is 1. The van der Waals surface area contributed by atoms with Crippen LogP contribution in [-0.4, -0.2) is 32.1 Å². The highest BCUT2D eigenvalue weighted by Gasteiger charge is 2.34. The lowest BCUT2D eigenvalue weighted by Crippen LogP contribution is -2.20. The van der Waals surface area contributed by atoms with Crippen LogP contribution in [0.1, 0.15) is 17.0 Å². The second-order valence-corrected chi connectivity index (χ2v) is 4.95. The number of nitrogens with two attached hydrogens (primary N) is 1. The number of aromatic amines is 1. The van der Waals surface area contributed by atoms with E-state index in [1.54, 1.807) is 0 Å². The molecule has 112 valence electrons. The Hall–Kier alpha value is -2.32. The van der Waals surface area contributed by atoms with Crippen LogP contribution in [-0.2, 0) is 30.6 Å². The molecule has 0 unspecified atom stereocenters. The van der Waals surface area contributed by atoms with Gasteiger partial charge in [0.05, 0.1) is 24.0 Å². The largest absolute Gasteiger partial charge is 0.408 e. The zero-order valence-electron chi connectivity index (χ0n) is 10.9. The number of carbonyl (C=O) groups is 1. The van der Waals surface area contributed by atoms with Gasteiger partial charge in [0.15, 0.2) is 0 Å². The molecule has 0 aromatic carbocycles. The van der Waals surface area contributed by atoms with Crippen molar-refractivity contribution < 1.29 is 18.0 Å². The summed E-state index contributed by atoms with van der Waals surface area (Å²) >= 11 is 0. The number of fused-ring (bicyclic) bond motifs is 3. The summed E-state index contributed by atoms with van der Waals surface area (Å²) in [6.45, 7) is -1.21. The Bertz CT molecular complexity index is 700. The topological polar surface area (TPSA) is 89.6 Å². The lowest BCUT2D eigenvalue weighted by molar-refractivity contribution is -0.142. The van der Waals surface area contributed by atoms with E-state index in [-0.39, 0.29) is 6.42 Å². The van der Waals surface area contributed by atoms with Crippen molar-refractivity contribution in [2.45, 2.75) is 32.0 Å². The number of alkyl halides is 3. The predicted octanol–water partition coefficient (Wildman–Crippen LogP) is 0.962. The fourth-order valence-electron chi connectivity index (χ4n) is 2.66. The summed E-state index contributed by atoms with van der Waals surface area (Å²) in [5, 5.41) is 10.6. The molecule has 6 nitrogen and oxygen atoms in total. The summed E-state index contributed by atoms with van der Waals surface area (Å²) in [4.78, 5) is 11.1. The molecule has 0 bridgehead atoms. The molecule has 3 rings (SSSR count). The highest BCUT2D eigenvalue weighted by Crippen LogP contribution is 2.35. The third-order valence-corrected chi connectivity index (χ3v) is 3.40. The standard InChI is InChI=1S/C12H12F3N5O/c13-12(14,15)5-20-11-6(9(19-20)3-10(16)21)1-2-8-7(11)4-17-18-8/h4H,1-3,5H2,(H2,16,21)(H,17,18). The summed E-state index contributed by atoms with van der Waals surface area (Å²) < 4.78 is 39.0. The van der Waals surface area contributed by atoms with Gasteiger partial charge in [-0.05, 0) is 12.8 Å². The SMILES string of the molecule is NC(=O)Cc1nn(CC(F)(F)F)c2c1CCc1[nH]ncc1-2. The normalized spacial score (nSPS) is 13.9. The summed E-state index contributed by atoms with van der Waals surface area (Å²) in [5.74, 6) is -0.618. The van der Waals surface area contributed by atoms with Gasteiger partial charge < -0.3 is 5.73 Å². The molecule has 21 heavy (non-hydrogen) atoms. The zero-order chi connectivity index (χ0) is 15.2. The Morgan fingerprint density at radius 3 is 2.86 bits per heavy atom. The first-order valence-corrected chi connectivity index (χ1v) is 6.31. The van der Waals surface area contributed by atoms with Crippen LogP contribution < -0.4 is 5.73 Å². The summed E-state index contributed by atoms with van der Waals surface area (Å²) in [6.07, 6.45) is -1.96. The number of carbonyl (C=O) groups excluding carboxylic acids is 1. The Morgan fingerprint density at radius 1 is 1.43 bits per heavy atom. The van der Waals surface area contributed by atoms with Crippen LogP contribution in [0.4, 0.5) is 13.2 Å². The number of primary amides is 1. The van der Waals surface area contributed by atoms with Crippen LogP contribution in [0.15, 0.2) is 6.20 Å². The molecule has 0 saturated carbocycles. The molecule has 0 spiro atoms. The molecule has 1 amide bonds. The number of nitrogens with zero attached hydrogens (tertiary/aromatic N) is 3. The molecule has 3 N–H and O–H groups in total. The fourth-order valence-corrected chi connectivity index (χ4v) is 2.66. The Kier molecular flexibility index (Phi) is 2.99. The number of nitrogens with one attached hydrogen (secondary N) is 1. The van der Waals surface area contributed by atoms with E-state index in [0.717, 1.165) is 10.4 Å². The van der Waals surface area contributed by atoms with Gasteiger partial charge in [-0.1, -0.05) is 0 Å². The van der Waals surface area contributed by atoms with Crippen LogP contribution >= 0.6 is 0 Å². The molecular formula is C12H12F3N5O. The van der Waals surface area contributed by atoms with E-state index in [1.165, 1.54) is 6.20 Å². The first kappa shape index (κ1) is 13.7. The van der Waals surface area contributed by atoms with Crippen molar-refractivity contribution in [3.8, 4) is 11.3 Å². The second kappa shape index (κ2) is 4.61. The van der Waals surface area contributed by atoms with Crippen molar-refractivity contribution in [2.75, 3.05) is 0 Å². The molecule has 0 atom stereocenters. The zero-order valence-corrected chi connectivity index (χ0v) is 10.9. The molecule has 1 aliphatic rings. The number of hydrogen-bond acceptors (Lipinski definition) is 3. The molecule has 0 aliphatic heterocycles. The Balaban J connectivity index is 2.13. The van der Waals surface area contributed by atoms with Crippen molar-refractivity contribution >= 4 is 5.91 Å². The number of halogens is 3. The van der Waals surface area contributed by atoms with Gasteiger partial charge >= 0.3 is 6.18 Å². The second-order valence-electron chi connectivity index (χ2n) is 4.95. The van der Waals surface area contributed by atoms with Crippen LogP contribution in [0.3, 0.4) is 0 Å². The van der Waals surface area contributed by atoms with Gasteiger partial charge in [0.1, 0.15) is 6.54 Å². The van der Waals surface area contributed by atoms with Crippen LogP contribution in [0.5, 0.6) is 0 Å². The third-order valence-electron chi connectivity index (χ3n) is 3.40. The number of amides is 1. The lowest BCUT2D eigenvalue weighted by atomic mass is 9.93. The molecule has 0 saturated heterocycles. The maximum atomic E-state index is 12.7. The predicted molar refractivity (Wildman–Crippen MR) is 66.2 cm³/mol. The van der Waals surface area contributed by atoms with Gasteiger partial charge in [0.25, 0.3) is 0 Å². The third kappa shape index (κ3) is 2.50. The lowest BCUT2D eigenvalue weighted by Gasteiger charge is -2.15. The van der Waals surface area contributed by atoms with Gasteiger partial charge in [-0.3, -0.25) is 14.6 Å². The van der Waals surface area contributed by atoms with Gasteiger partial charge in [-0.25, -0.2) is 0 Å². The summed E-state index contributed by atoms with van der Waals surface area (Å²) in [7, 11) is 0. The van der Waals surface area contributed by atoms with Crippen molar-refractivity contribution in [2.24, 2.45) is 5.73 Å². The van der Waals surface area contributed by atoms with E-state index < -0.39 is 18.6 Å². The van der Waals surface area contributed by atoms with E-state index in [1.807, 2.05) is 0 Å². The van der Waals surface area contributed by atoms with Crippen LogP contribution in [0, 0.1) is 0 Å². The van der Waals surface area contributed by atoms with E-state index in [2.05, 4.69) is 15.3 Å². The van der Waals surface area contributed by atoms with E-state index in [0.29, 0.717) is 35.4 Å². The van der Waals surface area contributed by atoms with Crippen LogP contribution in [0.25, 0.3) is 11.3 Å². The average Bonchev–Trinajstić information content (AvgIpc) is 2.91. The molecular weight excluding hydrogens is 287 g/mol. The fraction of sp³-hybridized carbons (Fsp3) is 0.417. The van der Waals surface area contributed by atoms with Crippen molar-refractivity contribution in [1.29, 1.82) is 0 Å². The molecule has 9 heteroatoms. The number of aryl methyl sites for hydroxylation is 1. The highest BCUT2D eigenvalue weighted by molar-refractivity contribution is 5.78. The minimum Gasteiger partial charge on any atom is -0.369 e. The van der Waals surface area contributed by atoms with E-state index in [9.17, 15) is 18.0 Å². The minimum atomic E-state index is -4.40. The highest BCUT2D eigenvalue weighted by atomic mass is 19.4. The molecule has 2 heterocycles. The quantitative estimate of drug-likeness (QED) is 0.884. The van der Waals surface area contributed by atoms with Crippen molar-refractivity contribution in [3.05, 3.63) is 23.1 Å². The molecule has 0 radical (unpaired) electrons. The van der Waals surface area contributed by atoms with Gasteiger partial charge in [0, 0.05) is 16.8 Å². The average molecular weight is 299 g/mol. The smallest absolute Gasteiger partial charge is 0.369 e. The molecule has 1 aliphatic carbocycles. The maximum Gasteiger partial charge on any atom is 0.408 e. The van der Waals surface area contributed by atoms with E-state index in [4.69, 9.17) is 5.73 Å². The maximum absolute atomic E-state index is 12.7. The van der Waals surface area contributed by atoms with Gasteiger partial charge in [0.2, 0.25) is 5.91 Å². The number of rotatable bonds is 3. The van der Waals surface area contributed by atoms with Crippen molar-refractivity contribution in [3.63, 3.8) is 0 Å². The first-order valence-electron chi connectivity index (χ1n) is 6.31. The number of aromatic nitrogens is 4. The molecule has 2 aromatic heterocycles. The first-order chi connectivity index (χ1) is 9.85. The molecule has 2 aromatic rings. The Morgan fingerprint density at radius 2 is 2.19 bits per heavy atom. The monoisotopic (exact) mass is 299 g/mol.